The summed E-state index contributed by atoms with van der Waals surface area (Å²) in [4.78, 5) is 0.387. The molecule has 0 spiro atoms. The summed E-state index contributed by atoms with van der Waals surface area (Å²) in [5, 5.41) is 7.61. The second-order valence-corrected chi connectivity index (χ2v) is 8.18. The van der Waals surface area contributed by atoms with E-state index in [0.717, 1.165) is 31.6 Å². The number of rotatable bonds is 6. The first-order valence-electron chi connectivity index (χ1n) is 8.30. The number of nitrogens with zero attached hydrogens (tertiary/aromatic N) is 3. The molecular weight excluding hydrogens is 324 g/mol. The SMILES string of the molecule is Cn1nccc1CNCC1CCN(S(=O)(=O)c2ccccc2)CC1. The lowest BCUT2D eigenvalue weighted by Crippen LogP contribution is -2.40. The summed E-state index contributed by atoms with van der Waals surface area (Å²) in [6.07, 6.45) is 3.58. The first-order chi connectivity index (χ1) is 11.6. The van der Waals surface area contributed by atoms with Crippen LogP contribution >= 0.6 is 0 Å². The van der Waals surface area contributed by atoms with Gasteiger partial charge in [-0.15, -0.1) is 0 Å². The number of nitrogens with one attached hydrogen (secondary N) is 1. The topological polar surface area (TPSA) is 67.2 Å². The standard InChI is InChI=1S/C17H24N4O2S/c1-20-16(7-10-19-20)14-18-13-15-8-11-21(12-9-15)24(22,23)17-5-3-2-4-6-17/h2-7,10,15,18H,8-9,11-14H2,1H3. The third-order valence-electron chi connectivity index (χ3n) is 4.62. The van der Waals surface area contributed by atoms with Crippen LogP contribution in [0.2, 0.25) is 0 Å². The Kier molecular flexibility index (Phi) is 5.33. The highest BCUT2D eigenvalue weighted by molar-refractivity contribution is 7.89. The molecule has 0 aliphatic carbocycles. The van der Waals surface area contributed by atoms with Crippen LogP contribution in [0.5, 0.6) is 0 Å². The molecule has 1 saturated heterocycles. The van der Waals surface area contributed by atoms with Crippen LogP contribution in [0.15, 0.2) is 47.5 Å². The molecule has 0 saturated carbocycles. The van der Waals surface area contributed by atoms with Gasteiger partial charge in [-0.1, -0.05) is 18.2 Å². The van der Waals surface area contributed by atoms with Crippen LogP contribution in [-0.4, -0.2) is 42.1 Å². The maximum Gasteiger partial charge on any atom is 0.243 e. The Morgan fingerprint density at radius 2 is 1.88 bits per heavy atom. The molecule has 1 fully saturated rings. The van der Waals surface area contributed by atoms with E-state index in [2.05, 4.69) is 10.4 Å². The number of hydrogen-bond acceptors (Lipinski definition) is 4. The lowest BCUT2D eigenvalue weighted by atomic mass is 9.98. The minimum Gasteiger partial charge on any atom is -0.311 e. The molecular formula is C17H24N4O2S. The van der Waals surface area contributed by atoms with E-state index in [0.29, 0.717) is 23.9 Å². The van der Waals surface area contributed by atoms with E-state index in [1.54, 1.807) is 34.8 Å². The van der Waals surface area contributed by atoms with E-state index in [-0.39, 0.29) is 0 Å². The predicted molar refractivity (Wildman–Crippen MR) is 92.8 cm³/mol. The van der Waals surface area contributed by atoms with Crippen molar-refractivity contribution in [2.75, 3.05) is 19.6 Å². The fourth-order valence-electron chi connectivity index (χ4n) is 3.07. The zero-order valence-electron chi connectivity index (χ0n) is 13.9. The van der Waals surface area contributed by atoms with Gasteiger partial charge in [0, 0.05) is 32.9 Å². The fraction of sp³-hybridized carbons (Fsp3) is 0.471. The first-order valence-corrected chi connectivity index (χ1v) is 9.74. The molecule has 0 radical (unpaired) electrons. The molecule has 1 aliphatic rings. The Labute approximate surface area is 143 Å². The quantitative estimate of drug-likeness (QED) is 0.861. The van der Waals surface area contributed by atoms with Crippen LogP contribution in [-0.2, 0) is 23.6 Å². The molecule has 1 N–H and O–H groups in total. The molecule has 7 heteroatoms. The number of aryl methyl sites for hydroxylation is 1. The van der Waals surface area contributed by atoms with Crippen molar-refractivity contribution in [1.82, 2.24) is 19.4 Å². The van der Waals surface area contributed by atoms with Crippen molar-refractivity contribution >= 4 is 10.0 Å². The summed E-state index contributed by atoms with van der Waals surface area (Å²) in [6, 6.07) is 10.7. The highest BCUT2D eigenvalue weighted by atomic mass is 32.2. The lowest BCUT2D eigenvalue weighted by molar-refractivity contribution is 0.266. The predicted octanol–water partition coefficient (Wildman–Crippen LogP) is 1.61. The summed E-state index contributed by atoms with van der Waals surface area (Å²) in [6.45, 7) is 2.88. The number of aromatic nitrogens is 2. The van der Waals surface area contributed by atoms with Crippen LogP contribution in [0.3, 0.4) is 0 Å². The van der Waals surface area contributed by atoms with Crippen molar-refractivity contribution < 1.29 is 8.42 Å². The van der Waals surface area contributed by atoms with Crippen LogP contribution in [0.4, 0.5) is 0 Å². The Balaban J connectivity index is 1.48. The Morgan fingerprint density at radius 3 is 2.50 bits per heavy atom. The van der Waals surface area contributed by atoms with Crippen LogP contribution < -0.4 is 5.32 Å². The van der Waals surface area contributed by atoms with Gasteiger partial charge in [0.1, 0.15) is 0 Å². The van der Waals surface area contributed by atoms with Gasteiger partial charge < -0.3 is 5.32 Å². The molecule has 1 aromatic carbocycles. The molecule has 1 aromatic heterocycles. The highest BCUT2D eigenvalue weighted by Gasteiger charge is 2.28. The van der Waals surface area contributed by atoms with Gasteiger partial charge in [-0.2, -0.15) is 9.40 Å². The van der Waals surface area contributed by atoms with Gasteiger partial charge in [0.25, 0.3) is 0 Å². The molecule has 0 atom stereocenters. The summed E-state index contributed by atoms with van der Waals surface area (Å²) >= 11 is 0. The third-order valence-corrected chi connectivity index (χ3v) is 6.53. The van der Waals surface area contributed by atoms with Gasteiger partial charge in [-0.05, 0) is 43.5 Å². The number of sulfonamides is 1. The van der Waals surface area contributed by atoms with Crippen LogP contribution in [0.25, 0.3) is 0 Å². The van der Waals surface area contributed by atoms with Gasteiger partial charge >= 0.3 is 0 Å². The molecule has 1 aliphatic heterocycles. The Hall–Kier alpha value is -1.70. The Morgan fingerprint density at radius 1 is 1.17 bits per heavy atom. The van der Waals surface area contributed by atoms with Gasteiger partial charge in [0.2, 0.25) is 10.0 Å². The summed E-state index contributed by atoms with van der Waals surface area (Å²) in [5.41, 5.74) is 1.15. The van der Waals surface area contributed by atoms with E-state index in [9.17, 15) is 8.42 Å². The van der Waals surface area contributed by atoms with Crippen molar-refractivity contribution in [3.05, 3.63) is 48.3 Å². The van der Waals surface area contributed by atoms with Crippen LogP contribution in [0, 0.1) is 5.92 Å². The molecule has 130 valence electrons. The minimum absolute atomic E-state index is 0.387. The summed E-state index contributed by atoms with van der Waals surface area (Å²) in [5.74, 6) is 0.514. The van der Waals surface area contributed by atoms with E-state index in [1.807, 2.05) is 23.9 Å². The zero-order valence-corrected chi connectivity index (χ0v) is 14.7. The van der Waals surface area contributed by atoms with Crippen molar-refractivity contribution in [2.24, 2.45) is 13.0 Å². The normalized spacial score (nSPS) is 17.2. The molecule has 0 amide bonds. The largest absolute Gasteiger partial charge is 0.311 e. The molecule has 0 unspecified atom stereocenters. The summed E-state index contributed by atoms with van der Waals surface area (Å²) < 4.78 is 28.7. The minimum atomic E-state index is -3.35. The van der Waals surface area contributed by atoms with Gasteiger partial charge in [-0.25, -0.2) is 8.42 Å². The second-order valence-electron chi connectivity index (χ2n) is 6.24. The zero-order chi connectivity index (χ0) is 17.0. The number of hydrogen-bond donors (Lipinski definition) is 1. The number of piperidine rings is 1. The molecule has 2 heterocycles. The molecule has 24 heavy (non-hydrogen) atoms. The smallest absolute Gasteiger partial charge is 0.243 e. The molecule has 2 aromatic rings. The first kappa shape index (κ1) is 17.1. The molecule has 0 bridgehead atoms. The van der Waals surface area contributed by atoms with Gasteiger partial charge in [0.05, 0.1) is 10.6 Å². The van der Waals surface area contributed by atoms with E-state index in [1.165, 1.54) is 0 Å². The highest BCUT2D eigenvalue weighted by Crippen LogP contribution is 2.23. The van der Waals surface area contributed by atoms with Crippen molar-refractivity contribution in [3.8, 4) is 0 Å². The van der Waals surface area contributed by atoms with Crippen LogP contribution in [0.1, 0.15) is 18.5 Å². The van der Waals surface area contributed by atoms with Crippen molar-refractivity contribution in [3.63, 3.8) is 0 Å². The lowest BCUT2D eigenvalue weighted by Gasteiger charge is -2.31. The van der Waals surface area contributed by atoms with E-state index in [4.69, 9.17) is 0 Å². The van der Waals surface area contributed by atoms with Gasteiger partial charge in [0.15, 0.2) is 0 Å². The average molecular weight is 348 g/mol. The second kappa shape index (κ2) is 7.46. The van der Waals surface area contributed by atoms with Crippen molar-refractivity contribution in [1.29, 1.82) is 0 Å². The monoisotopic (exact) mass is 348 g/mol. The molecule has 3 rings (SSSR count). The molecule has 6 nitrogen and oxygen atoms in total. The average Bonchev–Trinajstić information content (AvgIpc) is 3.01. The fourth-order valence-corrected chi connectivity index (χ4v) is 4.57. The maximum atomic E-state index is 12.6. The van der Waals surface area contributed by atoms with Crippen molar-refractivity contribution in [2.45, 2.75) is 24.3 Å². The number of benzene rings is 1. The van der Waals surface area contributed by atoms with Gasteiger partial charge in [-0.3, -0.25) is 4.68 Å². The van der Waals surface area contributed by atoms with E-state index >= 15 is 0 Å². The van der Waals surface area contributed by atoms with E-state index < -0.39 is 10.0 Å². The Bertz CT molecular complexity index is 750. The maximum absolute atomic E-state index is 12.6. The summed E-state index contributed by atoms with van der Waals surface area (Å²) in [7, 11) is -1.41. The third kappa shape index (κ3) is 3.85.